The number of rotatable bonds is 6. The molecular weight excluding hydrogens is 566 g/mol. The zero-order valence-corrected chi connectivity index (χ0v) is 22.8. The van der Waals surface area contributed by atoms with Crippen molar-refractivity contribution in [3.05, 3.63) is 93.5 Å². The van der Waals surface area contributed by atoms with Crippen molar-refractivity contribution < 1.29 is 14.3 Å². The van der Waals surface area contributed by atoms with Gasteiger partial charge in [-0.2, -0.15) is 5.26 Å². The Labute approximate surface area is 224 Å². The average molecular weight is 587 g/mol. The summed E-state index contributed by atoms with van der Waals surface area (Å²) in [6.07, 6.45) is 1.66. The summed E-state index contributed by atoms with van der Waals surface area (Å²) in [7, 11) is 0. The van der Waals surface area contributed by atoms with Gasteiger partial charge < -0.3 is 9.47 Å². The number of nitrogens with zero attached hydrogens (tertiary/aromatic N) is 3. The van der Waals surface area contributed by atoms with E-state index in [1.54, 1.807) is 32.1 Å². The molecule has 1 aromatic heterocycles. The largest absolute Gasteiger partial charge is 0.477 e. The van der Waals surface area contributed by atoms with Crippen LogP contribution in [-0.2, 0) is 9.53 Å². The van der Waals surface area contributed by atoms with Crippen LogP contribution in [-0.4, -0.2) is 23.8 Å². The van der Waals surface area contributed by atoms with Crippen LogP contribution in [0.5, 0.6) is 5.75 Å². The molecule has 36 heavy (non-hydrogen) atoms. The lowest BCUT2D eigenvalue weighted by molar-refractivity contribution is -0.139. The molecule has 0 amide bonds. The van der Waals surface area contributed by atoms with Gasteiger partial charge in [-0.3, -0.25) is 9.36 Å². The number of thiazole rings is 1. The molecule has 1 aliphatic heterocycles. The fourth-order valence-electron chi connectivity index (χ4n) is 3.94. The van der Waals surface area contributed by atoms with Crippen LogP contribution in [0.25, 0.3) is 6.08 Å². The highest BCUT2D eigenvalue weighted by Gasteiger charge is 2.33. The minimum atomic E-state index is -0.691. The number of hydrogen-bond donors (Lipinski definition) is 0. The normalized spacial score (nSPS) is 15.2. The highest BCUT2D eigenvalue weighted by Crippen LogP contribution is 2.34. The van der Waals surface area contributed by atoms with Crippen LogP contribution in [0.4, 0.5) is 0 Å². The SMILES string of the molecule is CCOC(=O)C1=C(C)N=c2s/c(=C\c3cc(Cl)cc(Br)c3OCC#N)c(=O)n2[C@@H]1c1ccc(C)cc1. The molecular formula is C26H21BrClN3O4S. The van der Waals surface area contributed by atoms with Crippen LogP contribution < -0.4 is 19.6 Å². The summed E-state index contributed by atoms with van der Waals surface area (Å²) < 4.78 is 13.4. The van der Waals surface area contributed by atoms with Gasteiger partial charge >= 0.3 is 5.97 Å². The molecule has 0 bridgehead atoms. The van der Waals surface area contributed by atoms with E-state index >= 15 is 0 Å². The van der Waals surface area contributed by atoms with Crippen LogP contribution in [0.1, 0.15) is 36.6 Å². The fourth-order valence-corrected chi connectivity index (χ4v) is 5.93. The van der Waals surface area contributed by atoms with Crippen molar-refractivity contribution in [2.24, 2.45) is 4.99 Å². The second-order valence-corrected chi connectivity index (χ2v) is 10.3. The van der Waals surface area contributed by atoms with E-state index < -0.39 is 12.0 Å². The molecule has 0 saturated heterocycles. The van der Waals surface area contributed by atoms with Crippen molar-refractivity contribution in [3.63, 3.8) is 0 Å². The van der Waals surface area contributed by atoms with Crippen LogP contribution in [0, 0.1) is 18.3 Å². The molecule has 0 radical (unpaired) electrons. The second-order valence-electron chi connectivity index (χ2n) is 7.97. The Bertz CT molecular complexity index is 1600. The van der Waals surface area contributed by atoms with Gasteiger partial charge in [-0.15, -0.1) is 0 Å². The van der Waals surface area contributed by atoms with Gasteiger partial charge in [-0.05, 0) is 60.5 Å². The van der Waals surface area contributed by atoms with Gasteiger partial charge in [0.2, 0.25) is 0 Å². The standard InChI is InChI=1S/C26H21BrClN3O4S/c1-4-34-25(33)21-15(3)30-26-31(22(21)16-7-5-14(2)6-8-16)24(32)20(36-26)12-17-11-18(28)13-19(27)23(17)35-10-9-29/h5-8,11-13,22H,4,10H2,1-3H3/b20-12-/t22-/m1/s1. The molecule has 0 aliphatic carbocycles. The number of allylic oxidation sites excluding steroid dienone is 1. The number of fused-ring (bicyclic) bond motifs is 1. The van der Waals surface area contributed by atoms with E-state index in [0.717, 1.165) is 11.1 Å². The van der Waals surface area contributed by atoms with Crippen molar-refractivity contribution in [1.29, 1.82) is 5.26 Å². The lowest BCUT2D eigenvalue weighted by Crippen LogP contribution is -2.39. The predicted octanol–water partition coefficient (Wildman–Crippen LogP) is 4.43. The lowest BCUT2D eigenvalue weighted by atomic mass is 9.95. The van der Waals surface area contributed by atoms with E-state index in [4.69, 9.17) is 26.3 Å². The summed E-state index contributed by atoms with van der Waals surface area (Å²) in [6, 6.07) is 12.2. The minimum absolute atomic E-state index is 0.169. The molecule has 2 heterocycles. The number of halogens is 2. The number of esters is 1. The van der Waals surface area contributed by atoms with Crippen LogP contribution in [0.3, 0.4) is 0 Å². The quantitative estimate of drug-likeness (QED) is 0.399. The Morgan fingerprint density at radius 3 is 2.69 bits per heavy atom. The highest BCUT2D eigenvalue weighted by atomic mass is 79.9. The van der Waals surface area contributed by atoms with Crippen LogP contribution >= 0.6 is 38.9 Å². The Kier molecular flexibility index (Phi) is 7.79. The zero-order valence-electron chi connectivity index (χ0n) is 19.7. The highest BCUT2D eigenvalue weighted by molar-refractivity contribution is 9.10. The molecule has 0 unspecified atom stereocenters. The van der Waals surface area contributed by atoms with E-state index in [0.29, 0.717) is 41.4 Å². The summed E-state index contributed by atoms with van der Waals surface area (Å²) >= 11 is 10.9. The maximum atomic E-state index is 13.8. The number of carbonyl (C=O) groups is 1. The van der Waals surface area contributed by atoms with E-state index in [2.05, 4.69) is 20.9 Å². The lowest BCUT2D eigenvalue weighted by Gasteiger charge is -2.24. The first kappa shape index (κ1) is 25.9. The van der Waals surface area contributed by atoms with Crippen molar-refractivity contribution in [2.45, 2.75) is 26.8 Å². The number of hydrogen-bond acceptors (Lipinski definition) is 7. The van der Waals surface area contributed by atoms with E-state index in [1.807, 2.05) is 37.3 Å². The Morgan fingerprint density at radius 2 is 2.03 bits per heavy atom. The number of ether oxygens (including phenoxy) is 2. The molecule has 2 aromatic carbocycles. The average Bonchev–Trinajstić information content (AvgIpc) is 3.12. The summed E-state index contributed by atoms with van der Waals surface area (Å²) in [4.78, 5) is 31.8. The smallest absolute Gasteiger partial charge is 0.338 e. The number of aromatic nitrogens is 1. The third-order valence-corrected chi connectivity index (χ3v) is 7.31. The van der Waals surface area contributed by atoms with Gasteiger partial charge in [0.25, 0.3) is 5.56 Å². The van der Waals surface area contributed by atoms with Crippen molar-refractivity contribution in [3.8, 4) is 11.8 Å². The van der Waals surface area contributed by atoms with Gasteiger partial charge in [-0.1, -0.05) is 52.8 Å². The monoisotopic (exact) mass is 585 g/mol. The van der Waals surface area contributed by atoms with Crippen molar-refractivity contribution >= 4 is 50.9 Å². The zero-order chi connectivity index (χ0) is 26.0. The van der Waals surface area contributed by atoms with E-state index in [-0.39, 0.29) is 18.8 Å². The second kappa shape index (κ2) is 10.8. The molecule has 10 heteroatoms. The fraction of sp³-hybridized carbons (Fsp3) is 0.231. The molecule has 4 rings (SSSR count). The van der Waals surface area contributed by atoms with Crippen molar-refractivity contribution in [1.82, 2.24) is 4.57 Å². The molecule has 0 N–H and O–H groups in total. The molecule has 0 saturated carbocycles. The number of benzene rings is 2. The number of carbonyl (C=O) groups excluding carboxylic acids is 1. The first-order chi connectivity index (χ1) is 17.2. The van der Waals surface area contributed by atoms with Crippen LogP contribution in [0.2, 0.25) is 5.02 Å². The van der Waals surface area contributed by atoms with E-state index in [9.17, 15) is 9.59 Å². The Balaban J connectivity index is 1.96. The summed E-state index contributed by atoms with van der Waals surface area (Å²) in [6.45, 7) is 5.48. The first-order valence-electron chi connectivity index (χ1n) is 11.0. The number of aryl methyl sites for hydroxylation is 1. The Hall–Kier alpha value is -3.19. The van der Waals surface area contributed by atoms with Gasteiger partial charge in [0.15, 0.2) is 11.4 Å². The van der Waals surface area contributed by atoms with Crippen LogP contribution in [0.15, 0.2) is 61.9 Å². The van der Waals surface area contributed by atoms with Crippen molar-refractivity contribution in [2.75, 3.05) is 13.2 Å². The molecule has 3 aromatic rings. The minimum Gasteiger partial charge on any atom is -0.477 e. The van der Waals surface area contributed by atoms with Gasteiger partial charge in [0, 0.05) is 10.6 Å². The molecule has 0 fully saturated rings. The number of nitriles is 1. The predicted molar refractivity (Wildman–Crippen MR) is 142 cm³/mol. The molecule has 1 atom stereocenters. The Morgan fingerprint density at radius 1 is 1.31 bits per heavy atom. The third kappa shape index (κ3) is 5.03. The first-order valence-corrected chi connectivity index (χ1v) is 13.0. The van der Waals surface area contributed by atoms with Gasteiger partial charge in [0.05, 0.1) is 32.9 Å². The third-order valence-electron chi connectivity index (χ3n) is 5.51. The summed E-state index contributed by atoms with van der Waals surface area (Å²) in [5.74, 6) is -0.116. The van der Waals surface area contributed by atoms with Gasteiger partial charge in [-0.25, -0.2) is 9.79 Å². The molecule has 1 aliphatic rings. The molecule has 7 nitrogen and oxygen atoms in total. The summed E-state index contributed by atoms with van der Waals surface area (Å²) in [5.41, 5.74) is 2.86. The molecule has 184 valence electrons. The maximum absolute atomic E-state index is 13.8. The van der Waals surface area contributed by atoms with E-state index in [1.165, 1.54) is 15.9 Å². The summed E-state index contributed by atoms with van der Waals surface area (Å²) in [5, 5.41) is 9.40. The molecule has 0 spiro atoms. The topological polar surface area (TPSA) is 93.7 Å². The maximum Gasteiger partial charge on any atom is 0.338 e. The van der Waals surface area contributed by atoms with Gasteiger partial charge in [0.1, 0.15) is 11.8 Å².